The van der Waals surface area contributed by atoms with E-state index in [0.29, 0.717) is 42.6 Å². The molecule has 2 aromatic heterocycles. The van der Waals surface area contributed by atoms with Crippen molar-refractivity contribution in [2.45, 2.75) is 58.4 Å². The minimum Gasteiger partial charge on any atom is -0.492 e. The molecule has 12 nitrogen and oxygen atoms in total. The molecule has 0 amide bonds. The third-order valence-corrected chi connectivity index (χ3v) is 7.84. The van der Waals surface area contributed by atoms with Crippen LogP contribution < -0.4 is 20.9 Å². The molecule has 0 saturated carbocycles. The molecule has 1 aliphatic rings. The van der Waals surface area contributed by atoms with Crippen LogP contribution in [-0.4, -0.2) is 93.4 Å². The highest BCUT2D eigenvalue weighted by molar-refractivity contribution is 5.81. The number of nitrogens with one attached hydrogen (secondary N) is 1. The number of hydrogen-bond donors (Lipinski definition) is 3. The molecule has 0 radical (unpaired) electrons. The van der Waals surface area contributed by atoms with Crippen LogP contribution in [0.25, 0.3) is 11.2 Å². The molecular formula is C30H45N7O5. The van der Waals surface area contributed by atoms with E-state index < -0.39 is 5.97 Å². The molecule has 3 heterocycles. The fourth-order valence-electron chi connectivity index (χ4n) is 5.34. The van der Waals surface area contributed by atoms with Gasteiger partial charge in [0.25, 0.3) is 0 Å². The van der Waals surface area contributed by atoms with Crippen molar-refractivity contribution in [3.05, 3.63) is 40.3 Å². The van der Waals surface area contributed by atoms with E-state index in [1.807, 2.05) is 12.1 Å². The van der Waals surface area contributed by atoms with Gasteiger partial charge in [0.05, 0.1) is 13.0 Å². The molecule has 0 atom stereocenters. The van der Waals surface area contributed by atoms with Gasteiger partial charge in [-0.3, -0.25) is 9.36 Å². The topological polar surface area (TPSA) is 152 Å². The van der Waals surface area contributed by atoms with E-state index in [2.05, 4.69) is 38.7 Å². The van der Waals surface area contributed by atoms with E-state index in [0.717, 1.165) is 76.8 Å². The summed E-state index contributed by atoms with van der Waals surface area (Å²) in [6, 6.07) is 7.50. The van der Waals surface area contributed by atoms with Gasteiger partial charge >= 0.3 is 17.7 Å². The zero-order chi connectivity index (χ0) is 29.9. The standard InChI is InChI=1S/C30H45N7O5/c1-3-4-18-42-29-33-27(31)26-28(34-29)37(30(40)32-26)16-11-22-9-14-36(15-10-22)13-6-12-35(2)17-19-41-24-8-5-7-23(20-24)21-25(38)39/h5,7-8,20,22H,3-4,6,9-19,21H2,1-2H3,(H,32,40)(H,38,39)(H2,31,33,34). The monoisotopic (exact) mass is 583 g/mol. The Morgan fingerprint density at radius 2 is 1.95 bits per heavy atom. The lowest BCUT2D eigenvalue weighted by atomic mass is 9.93. The number of likely N-dealkylation sites (tertiary alicyclic amines) is 1. The van der Waals surface area contributed by atoms with Crippen molar-refractivity contribution in [2.24, 2.45) is 5.92 Å². The van der Waals surface area contributed by atoms with E-state index in [1.54, 1.807) is 16.7 Å². The van der Waals surface area contributed by atoms with Gasteiger partial charge in [0, 0.05) is 13.1 Å². The van der Waals surface area contributed by atoms with Gasteiger partial charge in [-0.25, -0.2) is 4.79 Å². The van der Waals surface area contributed by atoms with Crippen molar-refractivity contribution in [1.29, 1.82) is 0 Å². The minimum absolute atomic E-state index is 0.000714. The Bertz CT molecular complexity index is 1350. The van der Waals surface area contributed by atoms with Gasteiger partial charge in [0.2, 0.25) is 0 Å². The minimum atomic E-state index is -0.845. The first-order chi connectivity index (χ1) is 20.3. The van der Waals surface area contributed by atoms with Gasteiger partial charge in [0.15, 0.2) is 11.5 Å². The zero-order valence-electron chi connectivity index (χ0n) is 24.9. The molecule has 12 heteroatoms. The third kappa shape index (κ3) is 9.18. The van der Waals surface area contributed by atoms with Crippen molar-refractivity contribution in [3.63, 3.8) is 0 Å². The molecule has 0 spiro atoms. The molecule has 0 aliphatic carbocycles. The Labute approximate surface area is 246 Å². The van der Waals surface area contributed by atoms with Crippen LogP contribution in [0, 0.1) is 5.92 Å². The summed E-state index contributed by atoms with van der Waals surface area (Å²) in [7, 11) is 2.10. The highest BCUT2D eigenvalue weighted by Crippen LogP contribution is 2.23. The van der Waals surface area contributed by atoms with Crippen LogP contribution in [0.1, 0.15) is 51.0 Å². The molecule has 0 bridgehead atoms. The number of aliphatic carboxylic acids is 1. The van der Waals surface area contributed by atoms with E-state index in [1.165, 1.54) is 0 Å². The van der Waals surface area contributed by atoms with E-state index in [4.69, 9.17) is 20.3 Å². The molecule has 230 valence electrons. The van der Waals surface area contributed by atoms with Crippen molar-refractivity contribution in [1.82, 2.24) is 29.3 Å². The highest BCUT2D eigenvalue weighted by atomic mass is 16.5. The first-order valence-electron chi connectivity index (χ1n) is 15.1. The summed E-state index contributed by atoms with van der Waals surface area (Å²) in [5.41, 5.74) is 7.59. The van der Waals surface area contributed by atoms with Crippen LogP contribution in [0.15, 0.2) is 29.1 Å². The van der Waals surface area contributed by atoms with Gasteiger partial charge in [-0.1, -0.05) is 25.5 Å². The van der Waals surface area contributed by atoms with Crippen molar-refractivity contribution in [3.8, 4) is 11.8 Å². The fraction of sp³-hybridized carbons (Fsp3) is 0.600. The van der Waals surface area contributed by atoms with E-state index in [9.17, 15) is 9.59 Å². The van der Waals surface area contributed by atoms with Crippen LogP contribution in [0.3, 0.4) is 0 Å². The predicted octanol–water partition coefficient (Wildman–Crippen LogP) is 3.01. The Morgan fingerprint density at radius 3 is 2.71 bits per heavy atom. The number of fused-ring (bicyclic) bond motifs is 1. The summed E-state index contributed by atoms with van der Waals surface area (Å²) in [4.78, 5) is 39.8. The maximum Gasteiger partial charge on any atom is 0.327 e. The number of aryl methyl sites for hydroxylation is 1. The number of piperidine rings is 1. The number of H-pyrrole nitrogens is 1. The number of imidazole rings is 1. The number of carboxylic acids is 1. The largest absolute Gasteiger partial charge is 0.492 e. The molecule has 1 fully saturated rings. The molecule has 42 heavy (non-hydrogen) atoms. The molecule has 4 N–H and O–H groups in total. The summed E-state index contributed by atoms with van der Waals surface area (Å²) in [5, 5.41) is 8.96. The van der Waals surface area contributed by atoms with Crippen molar-refractivity contribution >= 4 is 23.0 Å². The van der Waals surface area contributed by atoms with Crippen LogP contribution in [0.2, 0.25) is 0 Å². The predicted molar refractivity (Wildman–Crippen MR) is 162 cm³/mol. The van der Waals surface area contributed by atoms with E-state index >= 15 is 0 Å². The number of nitrogens with two attached hydrogens (primary N) is 1. The summed E-state index contributed by atoms with van der Waals surface area (Å²) >= 11 is 0. The number of nitrogen functional groups attached to an aromatic ring is 1. The Kier molecular flexibility index (Phi) is 11.6. The Balaban J connectivity index is 1.14. The lowest BCUT2D eigenvalue weighted by molar-refractivity contribution is -0.136. The number of aromatic nitrogens is 4. The van der Waals surface area contributed by atoms with Crippen molar-refractivity contribution in [2.75, 3.05) is 58.7 Å². The first-order valence-corrected chi connectivity index (χ1v) is 15.1. The normalized spacial score (nSPS) is 14.5. The fourth-order valence-corrected chi connectivity index (χ4v) is 5.34. The molecular weight excluding hydrogens is 538 g/mol. The average Bonchev–Trinajstić information content (AvgIpc) is 3.28. The number of benzene rings is 1. The van der Waals surface area contributed by atoms with Crippen LogP contribution >= 0.6 is 0 Å². The second kappa shape index (κ2) is 15.5. The maximum atomic E-state index is 12.7. The average molecular weight is 584 g/mol. The second-order valence-electron chi connectivity index (χ2n) is 11.2. The van der Waals surface area contributed by atoms with Gasteiger partial charge in [-0.15, -0.1) is 0 Å². The molecule has 1 aromatic carbocycles. The second-order valence-corrected chi connectivity index (χ2v) is 11.2. The number of aromatic amines is 1. The third-order valence-electron chi connectivity index (χ3n) is 7.84. The SMILES string of the molecule is CCCCOc1nc(N)c2[nH]c(=O)n(CCC3CCN(CCCN(C)CCOc4cccc(CC(=O)O)c4)CC3)c2n1. The molecule has 1 saturated heterocycles. The van der Waals surface area contributed by atoms with Crippen LogP contribution in [-0.2, 0) is 17.8 Å². The highest BCUT2D eigenvalue weighted by Gasteiger charge is 2.21. The van der Waals surface area contributed by atoms with Crippen LogP contribution in [0.4, 0.5) is 5.82 Å². The lowest BCUT2D eigenvalue weighted by Crippen LogP contribution is -2.36. The number of carbonyl (C=O) groups is 1. The molecule has 1 aliphatic heterocycles. The number of nitrogens with zero attached hydrogens (tertiary/aromatic N) is 5. The zero-order valence-corrected chi connectivity index (χ0v) is 24.9. The molecule has 4 rings (SSSR count). The number of unbranched alkanes of at least 4 members (excludes halogenated alkanes) is 1. The summed E-state index contributed by atoms with van der Waals surface area (Å²) in [5.74, 6) is 0.656. The van der Waals surface area contributed by atoms with Gasteiger partial charge in [-0.05, 0) is 88.9 Å². The van der Waals surface area contributed by atoms with E-state index in [-0.39, 0.29) is 23.9 Å². The number of rotatable bonds is 17. The number of likely N-dealkylation sites (N-methyl/N-ethyl adjacent to an activating group) is 1. The van der Waals surface area contributed by atoms with Crippen molar-refractivity contribution < 1.29 is 19.4 Å². The number of ether oxygens (including phenoxy) is 2. The number of carboxylic acid groups (broad SMARTS) is 1. The number of hydrogen-bond acceptors (Lipinski definition) is 9. The Hall–Kier alpha value is -3.64. The Morgan fingerprint density at radius 1 is 1.14 bits per heavy atom. The van der Waals surface area contributed by atoms with Gasteiger partial charge in [-0.2, -0.15) is 9.97 Å². The van der Waals surface area contributed by atoms with Gasteiger partial charge in [0.1, 0.15) is 17.9 Å². The number of anilines is 1. The summed E-state index contributed by atoms with van der Waals surface area (Å²) < 4.78 is 13.1. The molecule has 0 unspecified atom stereocenters. The smallest absolute Gasteiger partial charge is 0.327 e. The summed E-state index contributed by atoms with van der Waals surface area (Å²) in [6.45, 7) is 8.75. The first kappa shape index (κ1) is 31.3. The van der Waals surface area contributed by atoms with Crippen LogP contribution in [0.5, 0.6) is 11.8 Å². The molecule has 3 aromatic rings. The summed E-state index contributed by atoms with van der Waals surface area (Å²) in [6.07, 6.45) is 6.14. The maximum absolute atomic E-state index is 12.7. The van der Waals surface area contributed by atoms with Gasteiger partial charge < -0.3 is 35.1 Å². The lowest BCUT2D eigenvalue weighted by Gasteiger charge is -2.32. The quantitative estimate of drug-likeness (QED) is 0.202.